The molecule has 1 N–H and O–H groups in total. The van der Waals surface area contributed by atoms with E-state index in [-0.39, 0.29) is 5.91 Å². The molecule has 0 saturated carbocycles. The smallest absolute Gasteiger partial charge is 0.238 e. The Morgan fingerprint density at radius 3 is 2.41 bits per heavy atom. The van der Waals surface area contributed by atoms with Gasteiger partial charge in [-0.2, -0.15) is 5.10 Å². The minimum absolute atomic E-state index is 0.0388. The monoisotopic (exact) mass is 414 g/mol. The third-order valence-electron chi connectivity index (χ3n) is 5.33. The summed E-state index contributed by atoms with van der Waals surface area (Å²) in [7, 11) is 0. The molecule has 2 aromatic rings. The Kier molecular flexibility index (Phi) is 7.00. The van der Waals surface area contributed by atoms with Crippen molar-refractivity contribution >= 4 is 23.8 Å². The van der Waals surface area contributed by atoms with E-state index in [2.05, 4.69) is 26.8 Å². The Morgan fingerprint density at radius 1 is 1.17 bits per heavy atom. The highest BCUT2D eigenvalue weighted by molar-refractivity contribution is 7.71. The van der Waals surface area contributed by atoms with E-state index >= 15 is 0 Å². The van der Waals surface area contributed by atoms with Crippen molar-refractivity contribution in [3.63, 3.8) is 0 Å². The second-order valence-electron chi connectivity index (χ2n) is 7.58. The van der Waals surface area contributed by atoms with E-state index in [1.807, 2.05) is 54.3 Å². The summed E-state index contributed by atoms with van der Waals surface area (Å²) in [5.74, 6) is 0.938. The van der Waals surface area contributed by atoms with E-state index < -0.39 is 0 Å². The fraction of sp³-hybridized carbons (Fsp3) is 0.476. The second-order valence-corrected chi connectivity index (χ2v) is 7.94. The Labute approximate surface area is 177 Å². The van der Waals surface area contributed by atoms with Crippen LogP contribution >= 0.6 is 12.2 Å². The van der Waals surface area contributed by atoms with Crippen LogP contribution in [-0.4, -0.2) is 62.8 Å². The van der Waals surface area contributed by atoms with Gasteiger partial charge < -0.3 is 9.88 Å². The molecule has 2 heterocycles. The summed E-state index contributed by atoms with van der Waals surface area (Å²) < 4.78 is 4.58. The number of nitrogens with one attached hydrogen (secondary N) is 1. The van der Waals surface area contributed by atoms with Crippen LogP contribution in [0.15, 0.2) is 30.9 Å². The fourth-order valence-corrected chi connectivity index (χ4v) is 3.96. The molecule has 1 saturated heterocycles. The molecule has 7 nitrogen and oxygen atoms in total. The van der Waals surface area contributed by atoms with Gasteiger partial charge in [0.05, 0.1) is 13.2 Å². The van der Waals surface area contributed by atoms with Crippen LogP contribution in [0.5, 0.6) is 0 Å². The van der Waals surface area contributed by atoms with Crippen LogP contribution in [0.4, 0.5) is 5.69 Å². The van der Waals surface area contributed by atoms with E-state index in [0.717, 1.165) is 53.6 Å². The first-order valence-corrected chi connectivity index (χ1v) is 10.4. The maximum Gasteiger partial charge on any atom is 0.238 e. The van der Waals surface area contributed by atoms with Gasteiger partial charge in [-0.3, -0.25) is 14.6 Å². The number of piperazine rings is 1. The Hall–Kier alpha value is -2.29. The molecule has 1 amide bonds. The van der Waals surface area contributed by atoms with Crippen molar-refractivity contribution in [2.75, 3.05) is 38.0 Å². The highest BCUT2D eigenvalue weighted by Crippen LogP contribution is 2.19. The number of benzene rings is 1. The molecule has 0 spiro atoms. The van der Waals surface area contributed by atoms with Crippen molar-refractivity contribution in [1.82, 2.24) is 24.1 Å². The number of allylic oxidation sites excluding steroid dienone is 1. The average molecular weight is 415 g/mol. The third kappa shape index (κ3) is 5.20. The molecular weight excluding hydrogens is 384 g/mol. The molecule has 156 valence electrons. The first-order chi connectivity index (χ1) is 13.9. The summed E-state index contributed by atoms with van der Waals surface area (Å²) in [5, 5.41) is 7.63. The minimum Gasteiger partial charge on any atom is -0.324 e. The van der Waals surface area contributed by atoms with Crippen LogP contribution in [0.1, 0.15) is 17.0 Å². The third-order valence-corrected chi connectivity index (χ3v) is 5.76. The van der Waals surface area contributed by atoms with Gasteiger partial charge >= 0.3 is 0 Å². The van der Waals surface area contributed by atoms with Crippen LogP contribution in [-0.2, 0) is 18.0 Å². The molecule has 1 aromatic carbocycles. The van der Waals surface area contributed by atoms with Gasteiger partial charge in [-0.1, -0.05) is 24.3 Å². The van der Waals surface area contributed by atoms with Crippen LogP contribution < -0.4 is 5.32 Å². The summed E-state index contributed by atoms with van der Waals surface area (Å²) in [4.78, 5) is 17.0. The summed E-state index contributed by atoms with van der Waals surface area (Å²) in [6.07, 6.45) is 1.83. The molecule has 3 rings (SSSR count). The summed E-state index contributed by atoms with van der Waals surface area (Å²) in [6.45, 7) is 15.0. The molecule has 1 aliphatic rings. The van der Waals surface area contributed by atoms with Crippen LogP contribution in [0.25, 0.3) is 0 Å². The van der Waals surface area contributed by atoms with Gasteiger partial charge in [0.2, 0.25) is 5.91 Å². The standard InChI is InChI=1S/C21H30N6OS/c1-5-9-26-18(4)23-27(21(26)29)15-25-12-10-24(11-13-25)14-19(28)22-20-16(2)7-6-8-17(20)3/h5-8H,1,9-15H2,2-4H3,(H,22,28). The van der Waals surface area contributed by atoms with E-state index in [1.165, 1.54) is 0 Å². The minimum atomic E-state index is 0.0388. The summed E-state index contributed by atoms with van der Waals surface area (Å²) >= 11 is 5.54. The number of aromatic nitrogens is 3. The molecule has 8 heteroatoms. The fourth-order valence-electron chi connectivity index (χ4n) is 3.65. The topological polar surface area (TPSA) is 58.3 Å². The zero-order valence-corrected chi connectivity index (χ0v) is 18.3. The zero-order valence-electron chi connectivity index (χ0n) is 17.5. The number of para-hydroxylation sites is 1. The number of hydrogen-bond donors (Lipinski definition) is 1. The molecule has 0 aliphatic carbocycles. The molecule has 1 aliphatic heterocycles. The van der Waals surface area contributed by atoms with Crippen LogP contribution in [0.2, 0.25) is 0 Å². The number of carbonyl (C=O) groups excluding carboxylic acids is 1. The number of nitrogens with zero attached hydrogens (tertiary/aromatic N) is 5. The maximum absolute atomic E-state index is 12.5. The molecule has 0 radical (unpaired) electrons. The lowest BCUT2D eigenvalue weighted by Crippen LogP contribution is -2.49. The van der Waals surface area contributed by atoms with E-state index in [1.54, 1.807) is 0 Å². The van der Waals surface area contributed by atoms with Crippen molar-refractivity contribution in [3.05, 3.63) is 52.6 Å². The highest BCUT2D eigenvalue weighted by Gasteiger charge is 2.20. The molecule has 1 aromatic heterocycles. The van der Waals surface area contributed by atoms with Crippen molar-refractivity contribution < 1.29 is 4.79 Å². The number of anilines is 1. The zero-order chi connectivity index (χ0) is 21.0. The molecular formula is C21H30N6OS. The SMILES string of the molecule is C=CCn1c(C)nn(CN2CCN(CC(=O)Nc3c(C)cccc3C)CC2)c1=S. The molecule has 0 bridgehead atoms. The van der Waals surface area contributed by atoms with Gasteiger partial charge in [-0.25, -0.2) is 4.68 Å². The summed E-state index contributed by atoms with van der Waals surface area (Å²) in [5.41, 5.74) is 3.10. The Morgan fingerprint density at radius 2 is 1.79 bits per heavy atom. The number of carbonyl (C=O) groups is 1. The van der Waals surface area contributed by atoms with Gasteiger partial charge in [0, 0.05) is 38.4 Å². The molecule has 29 heavy (non-hydrogen) atoms. The Balaban J connectivity index is 1.51. The van der Waals surface area contributed by atoms with E-state index in [0.29, 0.717) is 19.8 Å². The average Bonchev–Trinajstić information content (AvgIpc) is 2.94. The predicted octanol–water partition coefficient (Wildman–Crippen LogP) is 2.74. The largest absolute Gasteiger partial charge is 0.324 e. The first-order valence-electron chi connectivity index (χ1n) is 9.95. The van der Waals surface area contributed by atoms with Gasteiger partial charge in [-0.05, 0) is 44.1 Å². The molecule has 0 atom stereocenters. The van der Waals surface area contributed by atoms with Gasteiger partial charge in [0.15, 0.2) is 4.77 Å². The van der Waals surface area contributed by atoms with Crippen LogP contribution in [0.3, 0.4) is 0 Å². The van der Waals surface area contributed by atoms with Crippen molar-refractivity contribution in [3.8, 4) is 0 Å². The van der Waals surface area contributed by atoms with Crippen LogP contribution in [0, 0.1) is 25.5 Å². The number of rotatable bonds is 7. The number of aryl methyl sites for hydroxylation is 3. The molecule has 0 unspecified atom stereocenters. The highest BCUT2D eigenvalue weighted by atomic mass is 32.1. The lowest BCUT2D eigenvalue weighted by molar-refractivity contribution is -0.117. The second kappa shape index (κ2) is 9.47. The molecule has 1 fully saturated rings. The lowest BCUT2D eigenvalue weighted by atomic mass is 10.1. The lowest BCUT2D eigenvalue weighted by Gasteiger charge is -2.34. The van der Waals surface area contributed by atoms with Gasteiger partial charge in [0.1, 0.15) is 5.82 Å². The quantitative estimate of drug-likeness (QED) is 0.558. The maximum atomic E-state index is 12.5. The first kappa shape index (κ1) is 21.4. The van der Waals surface area contributed by atoms with Gasteiger partial charge in [-0.15, -0.1) is 6.58 Å². The summed E-state index contributed by atoms with van der Waals surface area (Å²) in [6, 6.07) is 6.04. The number of amides is 1. The number of hydrogen-bond acceptors (Lipinski definition) is 5. The normalized spacial score (nSPS) is 15.4. The van der Waals surface area contributed by atoms with E-state index in [4.69, 9.17) is 12.2 Å². The van der Waals surface area contributed by atoms with Crippen molar-refractivity contribution in [1.29, 1.82) is 0 Å². The van der Waals surface area contributed by atoms with Crippen molar-refractivity contribution in [2.45, 2.75) is 34.0 Å². The Bertz CT molecular complexity index is 919. The predicted molar refractivity (Wildman–Crippen MR) is 119 cm³/mol. The van der Waals surface area contributed by atoms with Gasteiger partial charge in [0.25, 0.3) is 0 Å². The van der Waals surface area contributed by atoms with E-state index in [9.17, 15) is 4.79 Å². The van der Waals surface area contributed by atoms with Crippen molar-refractivity contribution in [2.24, 2.45) is 0 Å².